The van der Waals surface area contributed by atoms with Crippen LogP contribution in [0.4, 0.5) is 0 Å². The maximum absolute atomic E-state index is 10.4. The molecule has 0 spiro atoms. The van der Waals surface area contributed by atoms with Crippen molar-refractivity contribution in [2.45, 2.75) is 45.8 Å². The zero-order chi connectivity index (χ0) is 18.6. The van der Waals surface area contributed by atoms with Crippen LogP contribution in [-0.4, -0.2) is 40.9 Å². The Kier molecular flexibility index (Phi) is 6.13. The lowest BCUT2D eigenvalue weighted by Crippen LogP contribution is -2.53. The molecule has 0 unspecified atom stereocenters. The molecular weight excluding hydrogens is 322 g/mol. The van der Waals surface area contributed by atoms with E-state index in [1.807, 2.05) is 0 Å². The van der Waals surface area contributed by atoms with Crippen LogP contribution in [0.3, 0.4) is 0 Å². The summed E-state index contributed by atoms with van der Waals surface area (Å²) >= 11 is 0. The summed E-state index contributed by atoms with van der Waals surface area (Å²) in [7, 11) is 0. The zero-order valence-electron chi connectivity index (χ0n) is 16.0. The fourth-order valence-corrected chi connectivity index (χ4v) is 4.30. The second-order valence-electron chi connectivity index (χ2n) is 7.80. The molecule has 0 saturated carbocycles. The van der Waals surface area contributed by atoms with Gasteiger partial charge in [0.1, 0.15) is 0 Å². The number of hydrogen-bond donors (Lipinski definition) is 2. The lowest BCUT2D eigenvalue weighted by Gasteiger charge is -2.45. The van der Waals surface area contributed by atoms with E-state index < -0.39 is 6.10 Å². The Morgan fingerprint density at radius 1 is 1.12 bits per heavy atom. The number of nitrogens with zero attached hydrogens (tertiary/aromatic N) is 1. The second kappa shape index (κ2) is 8.34. The van der Waals surface area contributed by atoms with Crippen LogP contribution in [0.2, 0.25) is 0 Å². The Balaban J connectivity index is 1.70. The first-order valence-corrected chi connectivity index (χ1v) is 9.74. The molecule has 1 aliphatic heterocycles. The molecule has 0 bridgehead atoms. The zero-order valence-corrected chi connectivity index (χ0v) is 16.0. The highest BCUT2D eigenvalue weighted by atomic mass is 16.3. The fraction of sp³-hybridized carbons (Fsp3) is 0.478. The molecule has 1 aliphatic rings. The van der Waals surface area contributed by atoms with Gasteiger partial charge in [0, 0.05) is 25.0 Å². The Morgan fingerprint density at radius 2 is 1.85 bits per heavy atom. The van der Waals surface area contributed by atoms with Crippen LogP contribution in [0.25, 0.3) is 11.1 Å². The highest BCUT2D eigenvalue weighted by molar-refractivity contribution is 5.67. The summed E-state index contributed by atoms with van der Waals surface area (Å²) in [6.45, 7) is 6.83. The number of benzene rings is 2. The van der Waals surface area contributed by atoms with Crippen molar-refractivity contribution in [3.05, 3.63) is 59.7 Å². The average Bonchev–Trinajstić information content (AvgIpc) is 2.66. The highest BCUT2D eigenvalue weighted by Gasteiger charge is 2.41. The standard InChI is InChI=1S/C23H31NO2/c1-3-13-23(17-25)16-24(14-12-22(23)26)15-19-8-10-20(11-9-19)21-7-5-4-6-18(21)2/h4-11,22,25-26H,3,12-17H2,1-2H3/t22-,23-/m0/s1. The number of hydrogen-bond acceptors (Lipinski definition) is 3. The third-order valence-corrected chi connectivity index (χ3v) is 5.84. The van der Waals surface area contributed by atoms with Crippen molar-refractivity contribution >= 4 is 0 Å². The first kappa shape index (κ1) is 19.1. The first-order chi connectivity index (χ1) is 12.6. The second-order valence-corrected chi connectivity index (χ2v) is 7.80. The minimum atomic E-state index is -0.396. The summed E-state index contributed by atoms with van der Waals surface area (Å²) in [5.41, 5.74) is 4.73. The number of aliphatic hydroxyl groups excluding tert-OH is 2. The van der Waals surface area contributed by atoms with Gasteiger partial charge in [-0.15, -0.1) is 0 Å². The van der Waals surface area contributed by atoms with Crippen molar-refractivity contribution in [3.63, 3.8) is 0 Å². The molecule has 2 aromatic rings. The monoisotopic (exact) mass is 353 g/mol. The van der Waals surface area contributed by atoms with E-state index in [-0.39, 0.29) is 12.0 Å². The lowest BCUT2D eigenvalue weighted by atomic mass is 9.74. The Hall–Kier alpha value is -1.68. The summed E-state index contributed by atoms with van der Waals surface area (Å²) in [5, 5.41) is 20.4. The fourth-order valence-electron chi connectivity index (χ4n) is 4.30. The molecule has 26 heavy (non-hydrogen) atoms. The molecule has 1 fully saturated rings. The van der Waals surface area contributed by atoms with E-state index in [9.17, 15) is 10.2 Å². The molecule has 3 heteroatoms. The van der Waals surface area contributed by atoms with Crippen molar-refractivity contribution in [2.75, 3.05) is 19.7 Å². The predicted octanol–water partition coefficient (Wildman–Crippen LogP) is 4.01. The van der Waals surface area contributed by atoms with Crippen LogP contribution in [0.5, 0.6) is 0 Å². The molecule has 0 radical (unpaired) electrons. The first-order valence-electron chi connectivity index (χ1n) is 9.74. The van der Waals surface area contributed by atoms with Gasteiger partial charge in [-0.3, -0.25) is 4.90 Å². The largest absolute Gasteiger partial charge is 0.396 e. The predicted molar refractivity (Wildman–Crippen MR) is 107 cm³/mol. The molecule has 0 aliphatic carbocycles. The summed E-state index contributed by atoms with van der Waals surface area (Å²) in [6.07, 6.45) is 2.19. The molecule has 0 aromatic heterocycles. The minimum absolute atomic E-state index is 0.0602. The number of aliphatic hydroxyl groups is 2. The molecule has 2 aromatic carbocycles. The SMILES string of the molecule is CCC[C@@]1(CO)CN(Cc2ccc(-c3ccccc3C)cc2)CC[C@@H]1O. The minimum Gasteiger partial charge on any atom is -0.396 e. The smallest absolute Gasteiger partial charge is 0.0642 e. The van der Waals surface area contributed by atoms with E-state index in [1.54, 1.807) is 0 Å². The van der Waals surface area contributed by atoms with Crippen molar-refractivity contribution in [1.29, 1.82) is 0 Å². The van der Waals surface area contributed by atoms with Gasteiger partial charge in [0.2, 0.25) is 0 Å². The molecule has 3 nitrogen and oxygen atoms in total. The third-order valence-electron chi connectivity index (χ3n) is 5.84. The molecular formula is C23H31NO2. The molecule has 0 amide bonds. The topological polar surface area (TPSA) is 43.7 Å². The van der Waals surface area contributed by atoms with Crippen LogP contribution in [0.1, 0.15) is 37.3 Å². The van der Waals surface area contributed by atoms with Crippen molar-refractivity contribution in [1.82, 2.24) is 4.90 Å². The number of piperidine rings is 1. The average molecular weight is 354 g/mol. The van der Waals surface area contributed by atoms with Gasteiger partial charge in [-0.05, 0) is 42.0 Å². The van der Waals surface area contributed by atoms with Crippen LogP contribution in [-0.2, 0) is 6.54 Å². The number of rotatable bonds is 6. The Labute approximate surface area is 157 Å². The van der Waals surface area contributed by atoms with E-state index in [4.69, 9.17) is 0 Å². The van der Waals surface area contributed by atoms with Crippen molar-refractivity contribution in [3.8, 4) is 11.1 Å². The third kappa shape index (κ3) is 4.01. The van der Waals surface area contributed by atoms with E-state index in [2.05, 4.69) is 67.3 Å². The van der Waals surface area contributed by atoms with Gasteiger partial charge >= 0.3 is 0 Å². The molecule has 1 saturated heterocycles. The normalized spacial score (nSPS) is 23.9. The molecule has 140 valence electrons. The van der Waals surface area contributed by atoms with E-state index >= 15 is 0 Å². The summed E-state index contributed by atoms with van der Waals surface area (Å²) in [5.74, 6) is 0. The Bertz CT molecular complexity index is 712. The number of likely N-dealkylation sites (tertiary alicyclic amines) is 1. The molecule has 2 N–H and O–H groups in total. The van der Waals surface area contributed by atoms with Gasteiger partial charge in [0.15, 0.2) is 0 Å². The van der Waals surface area contributed by atoms with Gasteiger partial charge in [-0.2, -0.15) is 0 Å². The lowest BCUT2D eigenvalue weighted by molar-refractivity contribution is -0.0819. The van der Waals surface area contributed by atoms with Gasteiger partial charge in [0.05, 0.1) is 12.7 Å². The summed E-state index contributed by atoms with van der Waals surface area (Å²) < 4.78 is 0. The van der Waals surface area contributed by atoms with Crippen LogP contribution >= 0.6 is 0 Å². The van der Waals surface area contributed by atoms with E-state index in [1.165, 1.54) is 22.3 Å². The highest BCUT2D eigenvalue weighted by Crippen LogP contribution is 2.35. The van der Waals surface area contributed by atoms with Crippen molar-refractivity contribution < 1.29 is 10.2 Å². The van der Waals surface area contributed by atoms with E-state index in [0.29, 0.717) is 0 Å². The van der Waals surface area contributed by atoms with Crippen molar-refractivity contribution in [2.24, 2.45) is 5.41 Å². The van der Waals surface area contributed by atoms with Gasteiger partial charge in [-0.25, -0.2) is 0 Å². The molecule has 3 rings (SSSR count). The van der Waals surface area contributed by atoms with Crippen LogP contribution in [0.15, 0.2) is 48.5 Å². The maximum Gasteiger partial charge on any atom is 0.0642 e. The van der Waals surface area contributed by atoms with E-state index in [0.717, 1.165) is 38.9 Å². The van der Waals surface area contributed by atoms with Gasteiger partial charge < -0.3 is 10.2 Å². The number of aryl methyl sites for hydroxylation is 1. The van der Waals surface area contributed by atoms with Crippen LogP contribution in [0, 0.1) is 12.3 Å². The van der Waals surface area contributed by atoms with Gasteiger partial charge in [0.25, 0.3) is 0 Å². The maximum atomic E-state index is 10.4. The quantitative estimate of drug-likeness (QED) is 0.825. The van der Waals surface area contributed by atoms with Crippen LogP contribution < -0.4 is 0 Å². The summed E-state index contributed by atoms with van der Waals surface area (Å²) in [4.78, 5) is 2.38. The van der Waals surface area contributed by atoms with Gasteiger partial charge in [-0.1, -0.05) is 61.9 Å². The molecule has 1 heterocycles. The molecule has 2 atom stereocenters. The Morgan fingerprint density at radius 3 is 2.50 bits per heavy atom. The summed E-state index contributed by atoms with van der Waals surface area (Å²) in [6, 6.07) is 17.3.